The summed E-state index contributed by atoms with van der Waals surface area (Å²) in [5.41, 5.74) is 29.8. The summed E-state index contributed by atoms with van der Waals surface area (Å²) in [4.78, 5) is 11.4. The predicted molar refractivity (Wildman–Crippen MR) is 443 cm³/mol. The highest BCUT2D eigenvalue weighted by Crippen LogP contribution is 2.44. The van der Waals surface area contributed by atoms with Crippen LogP contribution in [0.25, 0.3) is 200 Å². The van der Waals surface area contributed by atoms with Gasteiger partial charge >= 0.3 is 0 Å². The summed E-state index contributed by atoms with van der Waals surface area (Å²) in [6, 6.07) is 141. The van der Waals surface area contributed by atoms with Gasteiger partial charge in [0.2, 0.25) is 5.95 Å². The molecule has 16 aromatic carbocycles. The molecule has 0 fully saturated rings. The number of nitrogens with zero attached hydrogens (tertiary/aromatic N) is 6. The highest BCUT2D eigenvalue weighted by atomic mass is 15.2. The van der Waals surface area contributed by atoms with Gasteiger partial charge in [0.1, 0.15) is 0 Å². The van der Waals surface area contributed by atoms with Crippen LogP contribution in [0.3, 0.4) is 0 Å². The van der Waals surface area contributed by atoms with Crippen molar-refractivity contribution in [3.05, 3.63) is 388 Å². The second-order valence-electron chi connectivity index (χ2n) is 27.7. The Morgan fingerprint density at radius 1 is 0.151 bits per heavy atom. The van der Waals surface area contributed by atoms with Crippen molar-refractivity contribution < 1.29 is 0 Å². The van der Waals surface area contributed by atoms with Gasteiger partial charge in [0.25, 0.3) is 0 Å². The SMILES string of the molecule is c1ccc(-c2cccc(-n3c4ccccc4c4cc(-c5ccc6c(c5)c5ccccc5n6-c5cccc(-c6cc(-c7cccc(-c8ccccc8-c8ccccc8)c7)nc(-n7c8ccccc8c8cc(-c9ccc%10c(c9)c9ccccc9n%10-c9cccc(-c%10ccccc%10)c9)ccc87)n6)c5)ccc43)c2)cc1. The summed E-state index contributed by atoms with van der Waals surface area (Å²) in [6.45, 7) is 0. The first kappa shape index (κ1) is 60.6. The van der Waals surface area contributed by atoms with Crippen LogP contribution in [0.4, 0.5) is 0 Å². The summed E-state index contributed by atoms with van der Waals surface area (Å²) < 4.78 is 9.51. The third-order valence-electron chi connectivity index (χ3n) is 21.6. The van der Waals surface area contributed by atoms with Gasteiger partial charge in [-0.25, -0.2) is 9.97 Å². The van der Waals surface area contributed by atoms with Gasteiger partial charge in [0.05, 0.1) is 55.5 Å². The van der Waals surface area contributed by atoms with Crippen LogP contribution in [0.15, 0.2) is 388 Å². The molecule has 106 heavy (non-hydrogen) atoms. The fraction of sp³-hybridized carbons (Fsp3) is 0. The van der Waals surface area contributed by atoms with Crippen LogP contribution < -0.4 is 0 Å². The molecule has 0 N–H and O–H groups in total. The molecule has 0 saturated heterocycles. The molecule has 0 unspecified atom stereocenters. The van der Waals surface area contributed by atoms with Crippen LogP contribution in [-0.4, -0.2) is 28.2 Å². The molecular formula is C100H64N6. The minimum atomic E-state index is 0.585. The van der Waals surface area contributed by atoms with Crippen LogP contribution in [0.5, 0.6) is 0 Å². The van der Waals surface area contributed by atoms with Gasteiger partial charge in [0.15, 0.2) is 0 Å². The molecule has 5 heterocycles. The van der Waals surface area contributed by atoms with E-state index in [0.717, 1.165) is 106 Å². The number of fused-ring (bicyclic) bond motifs is 12. The van der Waals surface area contributed by atoms with E-state index < -0.39 is 0 Å². The Morgan fingerprint density at radius 2 is 0.425 bits per heavy atom. The first-order valence-electron chi connectivity index (χ1n) is 36.3. The number of aromatic nitrogens is 6. The average molecular weight is 1350 g/mol. The number of hydrogen-bond acceptors (Lipinski definition) is 2. The maximum Gasteiger partial charge on any atom is 0.235 e. The van der Waals surface area contributed by atoms with Gasteiger partial charge in [-0.2, -0.15) is 0 Å². The maximum atomic E-state index is 5.71. The van der Waals surface area contributed by atoms with Crippen molar-refractivity contribution in [1.29, 1.82) is 0 Å². The molecule has 5 aromatic heterocycles. The van der Waals surface area contributed by atoms with Crippen molar-refractivity contribution >= 4 is 87.2 Å². The monoisotopic (exact) mass is 1350 g/mol. The molecule has 0 atom stereocenters. The standard InChI is InChI=1S/C100H64N6/c1-4-24-65(25-5-1)68-30-21-35-77(57-68)103-92-44-16-12-40-82(92)86-60-70(48-52-96(86)103)71-50-54-98-88(61-71)84-42-14-18-46-94(84)105(98)79-37-23-34-76(59-79)91-64-90(75-33-20-32-74(56-75)81-39-11-10-38-80(81)67-28-8-3-9-29-67)101-100(102-91)106-95-47-19-15-43-85(95)89-63-73(51-55-99(89)106)72-49-53-97-87(62-72)83-41-13-17-45-93(83)104(97)78-36-22-31-69(58-78)66-26-6-2-7-27-66/h1-64H. The van der Waals surface area contributed by atoms with Crippen molar-refractivity contribution in [3.63, 3.8) is 0 Å². The van der Waals surface area contributed by atoms with Crippen molar-refractivity contribution in [3.8, 4) is 112 Å². The van der Waals surface area contributed by atoms with Crippen LogP contribution in [-0.2, 0) is 0 Å². The Morgan fingerprint density at radius 3 is 0.840 bits per heavy atom. The van der Waals surface area contributed by atoms with Gasteiger partial charge in [-0.05, 0) is 188 Å². The van der Waals surface area contributed by atoms with E-state index in [9.17, 15) is 0 Å². The number of hydrogen-bond donors (Lipinski definition) is 0. The quantitative estimate of drug-likeness (QED) is 0.122. The molecular weight excluding hydrogens is 1290 g/mol. The zero-order valence-corrected chi connectivity index (χ0v) is 57.6. The molecule has 6 heteroatoms. The zero-order valence-electron chi connectivity index (χ0n) is 57.6. The molecule has 21 aromatic rings. The van der Waals surface area contributed by atoms with E-state index in [-0.39, 0.29) is 0 Å². The van der Waals surface area contributed by atoms with Gasteiger partial charge < -0.3 is 13.7 Å². The first-order valence-corrected chi connectivity index (χ1v) is 36.3. The Bertz CT molecular complexity index is 7070. The van der Waals surface area contributed by atoms with Crippen LogP contribution >= 0.6 is 0 Å². The lowest BCUT2D eigenvalue weighted by molar-refractivity contribution is 0.995. The Hall–Kier alpha value is -14.2. The Labute approximate surface area is 612 Å². The average Bonchev–Trinajstić information content (AvgIpc) is 1.59. The number of para-hydroxylation sites is 4. The molecule has 0 saturated carbocycles. The van der Waals surface area contributed by atoms with Gasteiger partial charge in [-0.3, -0.25) is 4.57 Å². The van der Waals surface area contributed by atoms with E-state index in [2.05, 4.69) is 407 Å². The summed E-state index contributed by atoms with van der Waals surface area (Å²) in [5, 5.41) is 9.46. The summed E-state index contributed by atoms with van der Waals surface area (Å²) in [6.07, 6.45) is 0. The van der Waals surface area contributed by atoms with Crippen molar-refractivity contribution in [1.82, 2.24) is 28.2 Å². The smallest absolute Gasteiger partial charge is 0.235 e. The number of benzene rings is 16. The molecule has 6 nitrogen and oxygen atoms in total. The molecule has 0 bridgehead atoms. The van der Waals surface area contributed by atoms with E-state index in [4.69, 9.17) is 9.97 Å². The Balaban J connectivity index is 0.692. The second kappa shape index (κ2) is 24.8. The zero-order chi connectivity index (χ0) is 69.8. The largest absolute Gasteiger partial charge is 0.309 e. The Kier molecular flexibility index (Phi) is 14.2. The third-order valence-corrected chi connectivity index (χ3v) is 21.6. The van der Waals surface area contributed by atoms with Crippen molar-refractivity contribution in [2.75, 3.05) is 0 Å². The summed E-state index contributed by atoms with van der Waals surface area (Å²) >= 11 is 0. The fourth-order valence-corrected chi connectivity index (χ4v) is 16.7. The number of rotatable bonds is 12. The highest BCUT2D eigenvalue weighted by Gasteiger charge is 2.23. The first-order chi connectivity index (χ1) is 52.5. The summed E-state index contributed by atoms with van der Waals surface area (Å²) in [7, 11) is 0. The van der Waals surface area contributed by atoms with Crippen LogP contribution in [0.2, 0.25) is 0 Å². The lowest BCUT2D eigenvalue weighted by atomic mass is 9.93. The van der Waals surface area contributed by atoms with E-state index in [1.165, 1.54) is 87.8 Å². The van der Waals surface area contributed by atoms with E-state index >= 15 is 0 Å². The second-order valence-corrected chi connectivity index (χ2v) is 27.7. The van der Waals surface area contributed by atoms with Crippen LogP contribution in [0.1, 0.15) is 0 Å². The molecule has 0 aliphatic heterocycles. The highest BCUT2D eigenvalue weighted by molar-refractivity contribution is 6.15. The molecule has 0 radical (unpaired) electrons. The molecule has 0 aliphatic rings. The van der Waals surface area contributed by atoms with Gasteiger partial charge in [-0.15, -0.1) is 0 Å². The topological polar surface area (TPSA) is 45.5 Å². The molecule has 0 aliphatic carbocycles. The minimum Gasteiger partial charge on any atom is -0.309 e. The fourth-order valence-electron chi connectivity index (χ4n) is 16.7. The third kappa shape index (κ3) is 10.1. The predicted octanol–water partition coefficient (Wildman–Crippen LogP) is 26.2. The van der Waals surface area contributed by atoms with E-state index in [1.54, 1.807) is 0 Å². The van der Waals surface area contributed by atoms with Gasteiger partial charge in [-0.1, -0.05) is 267 Å². The summed E-state index contributed by atoms with van der Waals surface area (Å²) in [5.74, 6) is 0.585. The molecule has 21 rings (SSSR count). The van der Waals surface area contributed by atoms with Gasteiger partial charge in [0, 0.05) is 71.3 Å². The lowest BCUT2D eigenvalue weighted by Crippen LogP contribution is -2.04. The normalized spacial score (nSPS) is 11.8. The maximum absolute atomic E-state index is 5.71. The molecule has 0 amide bonds. The van der Waals surface area contributed by atoms with Crippen molar-refractivity contribution in [2.24, 2.45) is 0 Å². The van der Waals surface area contributed by atoms with Crippen molar-refractivity contribution in [2.45, 2.75) is 0 Å². The van der Waals surface area contributed by atoms with E-state index in [1.807, 2.05) is 0 Å². The molecule has 494 valence electrons. The van der Waals surface area contributed by atoms with Crippen LogP contribution in [0, 0.1) is 0 Å². The van der Waals surface area contributed by atoms with E-state index in [0.29, 0.717) is 5.95 Å². The minimum absolute atomic E-state index is 0.585. The lowest BCUT2D eigenvalue weighted by Gasteiger charge is -2.15. The molecule has 0 spiro atoms.